The van der Waals surface area contributed by atoms with Gasteiger partial charge in [0.1, 0.15) is 22.6 Å². The van der Waals surface area contributed by atoms with Gasteiger partial charge in [0.05, 0.1) is 50.0 Å². The lowest BCUT2D eigenvalue weighted by molar-refractivity contribution is -0.143. The van der Waals surface area contributed by atoms with E-state index in [1.807, 2.05) is 7.05 Å². The Morgan fingerprint density at radius 1 is 0.981 bits per heavy atom. The van der Waals surface area contributed by atoms with E-state index >= 15 is 0 Å². The van der Waals surface area contributed by atoms with Crippen molar-refractivity contribution >= 4 is 28.6 Å². The molecule has 280 valence electrons. The maximum absolute atomic E-state index is 14.1. The van der Waals surface area contributed by atoms with Crippen molar-refractivity contribution in [2.75, 3.05) is 83.0 Å². The Morgan fingerprint density at radius 2 is 1.75 bits per heavy atom. The number of aromatic amines is 1. The van der Waals surface area contributed by atoms with Crippen molar-refractivity contribution in [1.82, 2.24) is 34.8 Å². The van der Waals surface area contributed by atoms with E-state index in [2.05, 4.69) is 34.6 Å². The lowest BCUT2D eigenvalue weighted by atomic mass is 9.86. The van der Waals surface area contributed by atoms with E-state index in [-0.39, 0.29) is 23.6 Å². The number of alkyl halides is 3. The van der Waals surface area contributed by atoms with Gasteiger partial charge in [-0.3, -0.25) is 9.69 Å². The number of methoxy groups -OCH3 is 1. The van der Waals surface area contributed by atoms with Crippen molar-refractivity contribution in [1.29, 1.82) is 0 Å². The number of halogens is 3. The zero-order valence-corrected chi connectivity index (χ0v) is 30.1. The van der Waals surface area contributed by atoms with Crippen LogP contribution in [0.25, 0.3) is 33.9 Å². The number of nitrogens with one attached hydrogen (secondary N) is 1. The van der Waals surface area contributed by atoms with E-state index in [9.17, 15) is 18.0 Å². The number of aromatic nitrogens is 6. The normalized spacial score (nSPS) is 16.4. The molecule has 1 aliphatic heterocycles. The number of imidazole rings is 1. The van der Waals surface area contributed by atoms with Crippen LogP contribution in [0.2, 0.25) is 0 Å². The number of pyridine rings is 2. The highest BCUT2D eigenvalue weighted by Gasteiger charge is 2.37. The van der Waals surface area contributed by atoms with Gasteiger partial charge in [0.15, 0.2) is 11.5 Å². The van der Waals surface area contributed by atoms with Gasteiger partial charge in [-0.15, -0.1) is 0 Å². The summed E-state index contributed by atoms with van der Waals surface area (Å²) in [6.45, 7) is 8.84. The molecule has 6 rings (SSSR count). The number of esters is 1. The van der Waals surface area contributed by atoms with Crippen molar-refractivity contribution in [3.8, 4) is 28.7 Å². The van der Waals surface area contributed by atoms with Crippen LogP contribution >= 0.6 is 0 Å². The zero-order valence-electron chi connectivity index (χ0n) is 30.1. The van der Waals surface area contributed by atoms with Crippen LogP contribution in [0.5, 0.6) is 5.88 Å². The Labute approximate surface area is 300 Å². The molecule has 0 unspecified atom stereocenters. The molecule has 1 saturated carbocycles. The Morgan fingerprint density at radius 3 is 2.40 bits per heavy atom. The summed E-state index contributed by atoms with van der Waals surface area (Å²) < 4.78 is 58.2. The standard InChI is InChI=1S/C36H46F3N9O4/c1-5-51-30(49)9-12-47-13-15-48(16-14-47)29-21-40-27(20-41-29)32-44-31-28(46(3)22-35(23-50-4)10-7-8-11-35)18-26(43-33(31)45-32)24-17-25(36(37,38)39)34(42-19-24)52-6-2/h17-21H,5-16,22-23H2,1-4H3,(H,43,44,45). The molecule has 16 heteroatoms. The number of rotatable bonds is 14. The minimum absolute atomic E-state index is 0.0485. The number of hydrogen-bond acceptors (Lipinski definition) is 12. The molecule has 13 nitrogen and oxygen atoms in total. The van der Waals surface area contributed by atoms with E-state index < -0.39 is 17.6 Å². The predicted octanol–water partition coefficient (Wildman–Crippen LogP) is 5.61. The SMILES string of the molecule is CCOC(=O)CCN1CCN(c2cnc(-c3nc4nc(-c5cnc(OCC)c(C(F)(F)F)c5)cc(N(C)CC5(COC)CCCC5)c4[nH]3)cn2)CC1. The average molecular weight is 726 g/mol. The first-order valence-electron chi connectivity index (χ1n) is 17.8. The summed E-state index contributed by atoms with van der Waals surface area (Å²) in [4.78, 5) is 44.5. The Kier molecular flexibility index (Phi) is 11.4. The monoisotopic (exact) mass is 725 g/mol. The number of anilines is 2. The summed E-state index contributed by atoms with van der Waals surface area (Å²) in [5, 5.41) is 0. The maximum Gasteiger partial charge on any atom is 0.421 e. The highest BCUT2D eigenvalue weighted by molar-refractivity contribution is 5.91. The molecule has 0 bridgehead atoms. The van der Waals surface area contributed by atoms with Crippen molar-refractivity contribution in [2.45, 2.75) is 52.1 Å². The summed E-state index contributed by atoms with van der Waals surface area (Å²) in [6.07, 6.45) is 4.66. The average Bonchev–Trinajstić information content (AvgIpc) is 3.78. The van der Waals surface area contributed by atoms with E-state index in [0.29, 0.717) is 61.1 Å². The highest BCUT2D eigenvalue weighted by Crippen LogP contribution is 2.42. The van der Waals surface area contributed by atoms with Crippen molar-refractivity contribution in [3.63, 3.8) is 0 Å². The molecule has 0 radical (unpaired) electrons. The lowest BCUT2D eigenvalue weighted by Crippen LogP contribution is -2.47. The molecular formula is C36H46F3N9O4. The maximum atomic E-state index is 14.1. The molecule has 0 spiro atoms. The third-order valence-electron chi connectivity index (χ3n) is 9.79. The molecule has 4 aromatic rings. The van der Waals surface area contributed by atoms with Crippen LogP contribution in [0.1, 0.15) is 51.5 Å². The number of ether oxygens (including phenoxy) is 3. The van der Waals surface area contributed by atoms with E-state index in [4.69, 9.17) is 24.2 Å². The minimum Gasteiger partial charge on any atom is -0.478 e. The van der Waals surface area contributed by atoms with Crippen molar-refractivity contribution in [3.05, 3.63) is 36.3 Å². The molecule has 0 atom stereocenters. The fourth-order valence-corrected chi connectivity index (χ4v) is 7.25. The van der Waals surface area contributed by atoms with Gasteiger partial charge in [0.25, 0.3) is 0 Å². The summed E-state index contributed by atoms with van der Waals surface area (Å²) in [5.41, 5.74) is 1.65. The first kappa shape index (κ1) is 37.2. The molecule has 4 aromatic heterocycles. The van der Waals surface area contributed by atoms with Crippen molar-refractivity contribution < 1.29 is 32.2 Å². The largest absolute Gasteiger partial charge is 0.478 e. The smallest absolute Gasteiger partial charge is 0.421 e. The molecule has 5 heterocycles. The number of H-pyrrole nitrogens is 1. The summed E-state index contributed by atoms with van der Waals surface area (Å²) in [6, 6.07) is 2.80. The van der Waals surface area contributed by atoms with Crippen molar-refractivity contribution in [2.24, 2.45) is 5.41 Å². The van der Waals surface area contributed by atoms with Crippen LogP contribution in [0.4, 0.5) is 24.7 Å². The number of carbonyl (C=O) groups is 1. The van der Waals surface area contributed by atoms with Gasteiger partial charge in [-0.2, -0.15) is 13.2 Å². The number of piperazine rings is 1. The molecule has 1 N–H and O–H groups in total. The predicted molar refractivity (Wildman–Crippen MR) is 190 cm³/mol. The molecule has 0 aromatic carbocycles. The fourth-order valence-electron chi connectivity index (χ4n) is 7.25. The molecule has 2 aliphatic rings. The van der Waals surface area contributed by atoms with Crippen LogP contribution < -0.4 is 14.5 Å². The lowest BCUT2D eigenvalue weighted by Gasteiger charge is -2.35. The third-order valence-corrected chi connectivity index (χ3v) is 9.79. The van der Waals surface area contributed by atoms with Crippen LogP contribution in [0.15, 0.2) is 30.7 Å². The minimum atomic E-state index is -4.67. The molecule has 1 aliphatic carbocycles. The van der Waals surface area contributed by atoms with E-state index in [0.717, 1.165) is 69.4 Å². The second-order valence-corrected chi connectivity index (χ2v) is 13.5. The summed E-state index contributed by atoms with van der Waals surface area (Å²) >= 11 is 0. The molecule has 2 fully saturated rings. The van der Waals surface area contributed by atoms with Gasteiger partial charge in [-0.25, -0.2) is 24.9 Å². The highest BCUT2D eigenvalue weighted by atomic mass is 19.4. The molecule has 52 heavy (non-hydrogen) atoms. The Balaban J connectivity index is 1.29. The van der Waals surface area contributed by atoms with E-state index in [1.165, 1.54) is 6.20 Å². The number of fused-ring (bicyclic) bond motifs is 1. The van der Waals surface area contributed by atoms with Crippen LogP contribution in [-0.2, 0) is 20.4 Å². The van der Waals surface area contributed by atoms with Gasteiger partial charge in [0, 0.05) is 70.6 Å². The molecule has 1 saturated heterocycles. The van der Waals surface area contributed by atoms with Crippen LogP contribution in [0.3, 0.4) is 0 Å². The van der Waals surface area contributed by atoms with Gasteiger partial charge < -0.3 is 29.0 Å². The third kappa shape index (κ3) is 8.38. The summed E-state index contributed by atoms with van der Waals surface area (Å²) in [7, 11) is 3.68. The summed E-state index contributed by atoms with van der Waals surface area (Å²) in [5.74, 6) is 0.509. The Bertz CT molecular complexity index is 1820. The zero-order chi connectivity index (χ0) is 36.9. The van der Waals surface area contributed by atoms with Gasteiger partial charge in [0.2, 0.25) is 5.88 Å². The van der Waals surface area contributed by atoms with Gasteiger partial charge in [-0.1, -0.05) is 12.8 Å². The van der Waals surface area contributed by atoms with Gasteiger partial charge >= 0.3 is 12.1 Å². The number of nitrogens with zero attached hydrogens (tertiary/aromatic N) is 8. The topological polar surface area (TPSA) is 135 Å². The quantitative estimate of drug-likeness (QED) is 0.162. The molecule has 0 amide bonds. The number of hydrogen-bond donors (Lipinski definition) is 1. The Hall–Kier alpha value is -4.57. The number of carbonyl (C=O) groups excluding carboxylic acids is 1. The molecular weight excluding hydrogens is 679 g/mol. The van der Waals surface area contributed by atoms with Crippen LogP contribution in [0, 0.1) is 5.41 Å². The first-order chi connectivity index (χ1) is 25.0. The van der Waals surface area contributed by atoms with E-state index in [1.54, 1.807) is 39.4 Å². The second kappa shape index (κ2) is 16.0. The fraction of sp³-hybridized carbons (Fsp3) is 0.556. The first-order valence-corrected chi connectivity index (χ1v) is 17.8. The van der Waals surface area contributed by atoms with Gasteiger partial charge in [-0.05, 0) is 38.8 Å². The van der Waals surface area contributed by atoms with Crippen LogP contribution in [-0.4, -0.2) is 114 Å². The second-order valence-electron chi connectivity index (χ2n) is 13.5.